The highest BCUT2D eigenvalue weighted by molar-refractivity contribution is 9.10. The van der Waals surface area contributed by atoms with Crippen molar-refractivity contribution in [3.05, 3.63) is 64.5 Å². The fraction of sp³-hybridized carbons (Fsp3) is 0.318. The minimum atomic E-state index is 0.0494. The van der Waals surface area contributed by atoms with Gasteiger partial charge >= 0.3 is 0 Å². The van der Waals surface area contributed by atoms with E-state index in [4.69, 9.17) is 9.26 Å². The van der Waals surface area contributed by atoms with Crippen molar-refractivity contribution in [3.63, 3.8) is 0 Å². The first-order valence-electron chi connectivity index (χ1n) is 9.62. The van der Waals surface area contributed by atoms with Gasteiger partial charge in [0.2, 0.25) is 17.6 Å². The first kappa shape index (κ1) is 21.0. The molecule has 3 rings (SSSR count). The van der Waals surface area contributed by atoms with E-state index < -0.39 is 0 Å². The third-order valence-corrected chi connectivity index (χ3v) is 5.01. The van der Waals surface area contributed by atoms with Gasteiger partial charge in [-0.25, -0.2) is 0 Å². The summed E-state index contributed by atoms with van der Waals surface area (Å²) in [5, 5.41) is 7.01. The van der Waals surface area contributed by atoms with Crippen LogP contribution in [0.2, 0.25) is 0 Å². The van der Waals surface area contributed by atoms with E-state index in [0.29, 0.717) is 24.7 Å². The zero-order valence-corrected chi connectivity index (χ0v) is 17.9. The molecule has 1 heterocycles. The Labute approximate surface area is 178 Å². The molecular formula is C22H24BrN3O3. The number of unbranched alkanes of at least 4 members (excludes halogenated alkanes) is 2. The fourth-order valence-electron chi connectivity index (χ4n) is 2.87. The highest BCUT2D eigenvalue weighted by Gasteiger charge is 2.09. The first-order valence-corrected chi connectivity index (χ1v) is 10.4. The molecule has 0 spiro atoms. The number of amides is 1. The Hall–Kier alpha value is -2.67. The molecule has 0 aliphatic carbocycles. The SMILES string of the molecule is COc1ccc(-c2noc(CCCCCNC(=O)Cc3ccc(Br)cc3)n2)cc1. The highest BCUT2D eigenvalue weighted by atomic mass is 79.9. The number of benzene rings is 2. The van der Waals surface area contributed by atoms with E-state index in [9.17, 15) is 4.79 Å². The summed E-state index contributed by atoms with van der Waals surface area (Å²) in [5.41, 5.74) is 1.91. The summed E-state index contributed by atoms with van der Waals surface area (Å²) >= 11 is 3.39. The van der Waals surface area contributed by atoms with Gasteiger partial charge in [-0.05, 0) is 54.8 Å². The van der Waals surface area contributed by atoms with Crippen LogP contribution in [0.25, 0.3) is 11.4 Å². The van der Waals surface area contributed by atoms with Crippen LogP contribution < -0.4 is 10.1 Å². The summed E-state index contributed by atoms with van der Waals surface area (Å²) in [4.78, 5) is 16.4. The highest BCUT2D eigenvalue weighted by Crippen LogP contribution is 2.20. The molecule has 0 unspecified atom stereocenters. The van der Waals surface area contributed by atoms with Crippen molar-refractivity contribution in [2.45, 2.75) is 32.1 Å². The van der Waals surface area contributed by atoms with E-state index in [1.807, 2.05) is 48.5 Å². The fourth-order valence-corrected chi connectivity index (χ4v) is 3.13. The lowest BCUT2D eigenvalue weighted by Crippen LogP contribution is -2.26. The quantitative estimate of drug-likeness (QED) is 0.450. The summed E-state index contributed by atoms with van der Waals surface area (Å²) in [5.74, 6) is 2.06. The average molecular weight is 458 g/mol. The van der Waals surface area contributed by atoms with Crippen molar-refractivity contribution >= 4 is 21.8 Å². The summed E-state index contributed by atoms with van der Waals surface area (Å²) < 4.78 is 11.5. The molecular weight excluding hydrogens is 434 g/mol. The summed E-state index contributed by atoms with van der Waals surface area (Å²) in [6.45, 7) is 0.677. The average Bonchev–Trinajstić information content (AvgIpc) is 3.21. The van der Waals surface area contributed by atoms with Gasteiger partial charge in [0.25, 0.3) is 0 Å². The molecule has 0 radical (unpaired) electrons. The van der Waals surface area contributed by atoms with Crippen molar-refractivity contribution in [1.29, 1.82) is 0 Å². The smallest absolute Gasteiger partial charge is 0.226 e. The van der Waals surface area contributed by atoms with Crippen molar-refractivity contribution in [1.82, 2.24) is 15.5 Å². The standard InChI is InChI=1S/C22H24BrN3O3/c1-28-19-12-8-17(9-13-19)22-25-21(29-26-22)5-3-2-4-14-24-20(27)15-16-6-10-18(23)11-7-16/h6-13H,2-5,14-15H2,1H3,(H,24,27). The lowest BCUT2D eigenvalue weighted by molar-refractivity contribution is -0.120. The van der Waals surface area contributed by atoms with Crippen molar-refractivity contribution in [2.75, 3.05) is 13.7 Å². The molecule has 6 nitrogen and oxygen atoms in total. The maximum atomic E-state index is 12.0. The number of hydrogen-bond acceptors (Lipinski definition) is 5. The van der Waals surface area contributed by atoms with E-state index in [2.05, 4.69) is 31.4 Å². The lowest BCUT2D eigenvalue weighted by atomic mass is 10.1. The summed E-state index contributed by atoms with van der Waals surface area (Å²) in [6, 6.07) is 15.4. The zero-order chi connectivity index (χ0) is 20.5. The van der Waals surface area contributed by atoms with Crippen LogP contribution in [-0.2, 0) is 17.6 Å². The van der Waals surface area contributed by atoms with Gasteiger partial charge < -0.3 is 14.6 Å². The molecule has 7 heteroatoms. The Balaban J connectivity index is 1.32. The lowest BCUT2D eigenvalue weighted by Gasteiger charge is -2.05. The number of aromatic nitrogens is 2. The normalized spacial score (nSPS) is 10.7. The molecule has 1 N–H and O–H groups in total. The second-order valence-electron chi connectivity index (χ2n) is 6.70. The van der Waals surface area contributed by atoms with E-state index in [0.717, 1.165) is 47.0 Å². The van der Waals surface area contributed by atoms with Gasteiger partial charge in [0.15, 0.2) is 0 Å². The second-order valence-corrected chi connectivity index (χ2v) is 7.62. The molecule has 1 aromatic heterocycles. The number of carbonyl (C=O) groups is 1. The molecule has 3 aromatic rings. The van der Waals surface area contributed by atoms with E-state index >= 15 is 0 Å². The van der Waals surface area contributed by atoms with Crippen LogP contribution in [0.15, 0.2) is 57.5 Å². The monoisotopic (exact) mass is 457 g/mol. The number of methoxy groups -OCH3 is 1. The van der Waals surface area contributed by atoms with Gasteiger partial charge in [0, 0.05) is 23.0 Å². The van der Waals surface area contributed by atoms with Crippen LogP contribution in [-0.4, -0.2) is 29.7 Å². The molecule has 2 aromatic carbocycles. The maximum Gasteiger partial charge on any atom is 0.226 e. The number of ether oxygens (including phenoxy) is 1. The van der Waals surface area contributed by atoms with Crippen LogP contribution in [0.5, 0.6) is 5.75 Å². The predicted molar refractivity (Wildman–Crippen MR) is 115 cm³/mol. The largest absolute Gasteiger partial charge is 0.497 e. The van der Waals surface area contributed by atoms with Gasteiger partial charge in [-0.15, -0.1) is 0 Å². The van der Waals surface area contributed by atoms with Crippen molar-refractivity contribution < 1.29 is 14.1 Å². The second kappa shape index (κ2) is 10.8. The zero-order valence-electron chi connectivity index (χ0n) is 16.4. The number of aryl methyl sites for hydroxylation is 1. The van der Waals surface area contributed by atoms with Gasteiger partial charge in [-0.1, -0.05) is 39.6 Å². The molecule has 152 valence electrons. The van der Waals surface area contributed by atoms with E-state index in [-0.39, 0.29) is 5.91 Å². The third kappa shape index (κ3) is 6.71. The van der Waals surface area contributed by atoms with Crippen LogP contribution in [0.4, 0.5) is 0 Å². The van der Waals surface area contributed by atoms with E-state index in [1.165, 1.54) is 0 Å². The molecule has 0 saturated heterocycles. The maximum absolute atomic E-state index is 12.0. The minimum absolute atomic E-state index is 0.0494. The van der Waals surface area contributed by atoms with Crippen LogP contribution >= 0.6 is 15.9 Å². The molecule has 0 bridgehead atoms. The Morgan fingerprint density at radius 2 is 1.83 bits per heavy atom. The predicted octanol–water partition coefficient (Wildman–Crippen LogP) is 4.58. The van der Waals surface area contributed by atoms with Crippen LogP contribution in [0.1, 0.15) is 30.7 Å². The number of nitrogens with one attached hydrogen (secondary N) is 1. The van der Waals surface area contributed by atoms with E-state index in [1.54, 1.807) is 7.11 Å². The van der Waals surface area contributed by atoms with Crippen LogP contribution in [0.3, 0.4) is 0 Å². The summed E-state index contributed by atoms with van der Waals surface area (Å²) in [6.07, 6.45) is 3.98. The summed E-state index contributed by atoms with van der Waals surface area (Å²) in [7, 11) is 1.63. The Bertz CT molecular complexity index is 908. The number of carbonyl (C=O) groups excluding carboxylic acids is 1. The minimum Gasteiger partial charge on any atom is -0.497 e. The molecule has 0 atom stereocenters. The topological polar surface area (TPSA) is 77.3 Å². The number of rotatable bonds is 10. The van der Waals surface area contributed by atoms with Gasteiger partial charge in [0.05, 0.1) is 13.5 Å². The third-order valence-electron chi connectivity index (χ3n) is 4.48. The number of hydrogen-bond donors (Lipinski definition) is 1. The molecule has 0 saturated carbocycles. The van der Waals surface area contributed by atoms with Crippen molar-refractivity contribution in [3.8, 4) is 17.1 Å². The molecule has 0 aliphatic heterocycles. The van der Waals surface area contributed by atoms with Crippen molar-refractivity contribution in [2.24, 2.45) is 0 Å². The molecule has 0 fully saturated rings. The van der Waals surface area contributed by atoms with Gasteiger partial charge in [-0.2, -0.15) is 4.98 Å². The van der Waals surface area contributed by atoms with Gasteiger partial charge in [-0.3, -0.25) is 4.79 Å². The Morgan fingerprint density at radius 3 is 2.55 bits per heavy atom. The number of nitrogens with zero attached hydrogens (tertiary/aromatic N) is 2. The van der Waals surface area contributed by atoms with Gasteiger partial charge in [0.1, 0.15) is 5.75 Å². The molecule has 1 amide bonds. The molecule has 29 heavy (non-hydrogen) atoms. The Kier molecular flexibility index (Phi) is 7.81. The number of halogens is 1. The molecule has 0 aliphatic rings. The van der Waals surface area contributed by atoms with Crippen LogP contribution in [0, 0.1) is 0 Å². The Morgan fingerprint density at radius 1 is 1.07 bits per heavy atom. The first-order chi connectivity index (χ1) is 14.1.